The fraction of sp³-hybridized carbons (Fsp3) is 0.529. The third kappa shape index (κ3) is 4.48. The Kier molecular flexibility index (Phi) is 5.06. The number of hydrogen-bond donors (Lipinski definition) is 2. The first kappa shape index (κ1) is 16.3. The molecule has 2 atom stereocenters. The van der Waals surface area contributed by atoms with Crippen LogP contribution in [0.2, 0.25) is 0 Å². The lowest BCUT2D eigenvalue weighted by molar-refractivity contribution is -0.125. The number of rotatable bonds is 6. The average molecular weight is 304 g/mol. The van der Waals surface area contributed by atoms with Crippen LogP contribution in [0.4, 0.5) is 5.69 Å². The van der Waals surface area contributed by atoms with Crippen LogP contribution in [0.1, 0.15) is 34.1 Å². The SMILES string of the molecule is CC(C)NC(=O)C1CC1C(=O)Nc1ccc(OC(C)C)cc1. The van der Waals surface area contributed by atoms with E-state index in [9.17, 15) is 9.59 Å². The van der Waals surface area contributed by atoms with E-state index in [1.807, 2.05) is 39.8 Å². The Morgan fingerprint density at radius 2 is 1.64 bits per heavy atom. The molecule has 22 heavy (non-hydrogen) atoms. The average Bonchev–Trinajstić information content (AvgIpc) is 3.20. The Morgan fingerprint density at radius 3 is 2.18 bits per heavy atom. The molecule has 0 aromatic heterocycles. The lowest BCUT2D eigenvalue weighted by atomic mass is 10.2. The van der Waals surface area contributed by atoms with E-state index in [1.165, 1.54) is 0 Å². The molecule has 120 valence electrons. The van der Waals surface area contributed by atoms with Crippen LogP contribution in [0.3, 0.4) is 0 Å². The minimum absolute atomic E-state index is 0.0316. The van der Waals surface area contributed by atoms with E-state index in [1.54, 1.807) is 12.1 Å². The van der Waals surface area contributed by atoms with Gasteiger partial charge in [-0.3, -0.25) is 9.59 Å². The van der Waals surface area contributed by atoms with E-state index in [4.69, 9.17) is 4.74 Å². The molecule has 5 heteroatoms. The molecule has 5 nitrogen and oxygen atoms in total. The number of nitrogens with one attached hydrogen (secondary N) is 2. The highest BCUT2D eigenvalue weighted by Crippen LogP contribution is 2.39. The second-order valence-corrected chi connectivity index (χ2v) is 6.29. The van der Waals surface area contributed by atoms with Gasteiger partial charge in [-0.05, 0) is 58.4 Å². The van der Waals surface area contributed by atoms with Gasteiger partial charge in [0.1, 0.15) is 5.75 Å². The zero-order valence-corrected chi connectivity index (χ0v) is 13.6. The van der Waals surface area contributed by atoms with E-state index in [0.29, 0.717) is 6.42 Å². The molecule has 2 rings (SSSR count). The summed E-state index contributed by atoms with van der Waals surface area (Å²) in [4.78, 5) is 23.9. The van der Waals surface area contributed by atoms with Gasteiger partial charge in [0.05, 0.1) is 17.9 Å². The minimum atomic E-state index is -0.217. The zero-order valence-electron chi connectivity index (χ0n) is 13.6. The van der Waals surface area contributed by atoms with Crippen molar-refractivity contribution in [3.8, 4) is 5.75 Å². The van der Waals surface area contributed by atoms with Gasteiger partial charge < -0.3 is 15.4 Å². The van der Waals surface area contributed by atoms with Crippen molar-refractivity contribution < 1.29 is 14.3 Å². The highest BCUT2D eigenvalue weighted by Gasteiger charge is 2.48. The number of carbonyl (C=O) groups excluding carboxylic acids is 2. The van der Waals surface area contributed by atoms with Crippen LogP contribution in [-0.2, 0) is 9.59 Å². The fourth-order valence-electron chi connectivity index (χ4n) is 2.29. The Morgan fingerprint density at radius 1 is 1.05 bits per heavy atom. The van der Waals surface area contributed by atoms with Crippen LogP contribution in [0.5, 0.6) is 5.75 Å². The molecule has 1 aliphatic rings. The zero-order chi connectivity index (χ0) is 16.3. The van der Waals surface area contributed by atoms with Crippen LogP contribution in [0.15, 0.2) is 24.3 Å². The van der Waals surface area contributed by atoms with Gasteiger partial charge in [0, 0.05) is 11.7 Å². The van der Waals surface area contributed by atoms with Crippen molar-refractivity contribution in [1.82, 2.24) is 5.32 Å². The molecule has 1 saturated carbocycles. The molecule has 1 fully saturated rings. The van der Waals surface area contributed by atoms with Crippen molar-refractivity contribution in [2.75, 3.05) is 5.32 Å². The van der Waals surface area contributed by atoms with Gasteiger partial charge in [-0.2, -0.15) is 0 Å². The van der Waals surface area contributed by atoms with Crippen LogP contribution in [-0.4, -0.2) is 24.0 Å². The summed E-state index contributed by atoms with van der Waals surface area (Å²) in [6, 6.07) is 7.37. The van der Waals surface area contributed by atoms with E-state index in [-0.39, 0.29) is 35.8 Å². The van der Waals surface area contributed by atoms with Crippen molar-refractivity contribution in [3.63, 3.8) is 0 Å². The standard InChI is InChI=1S/C17H24N2O3/c1-10(2)18-16(20)14-9-15(14)17(21)19-12-5-7-13(8-6-12)22-11(3)4/h5-8,10-11,14-15H,9H2,1-4H3,(H,18,20)(H,19,21). The quantitative estimate of drug-likeness (QED) is 0.849. The maximum atomic E-state index is 12.1. The second-order valence-electron chi connectivity index (χ2n) is 6.29. The van der Waals surface area contributed by atoms with E-state index in [2.05, 4.69) is 10.6 Å². The Balaban J connectivity index is 1.84. The summed E-state index contributed by atoms with van der Waals surface area (Å²) in [6.45, 7) is 7.75. The third-order valence-electron chi connectivity index (χ3n) is 3.39. The van der Waals surface area contributed by atoms with Gasteiger partial charge in [-0.15, -0.1) is 0 Å². The van der Waals surface area contributed by atoms with Gasteiger partial charge in [-0.25, -0.2) is 0 Å². The molecule has 0 radical (unpaired) electrons. The highest BCUT2D eigenvalue weighted by atomic mass is 16.5. The number of carbonyl (C=O) groups is 2. The number of amides is 2. The topological polar surface area (TPSA) is 67.4 Å². The Hall–Kier alpha value is -2.04. The molecule has 0 heterocycles. The predicted octanol–water partition coefficient (Wildman–Crippen LogP) is 2.57. The smallest absolute Gasteiger partial charge is 0.228 e. The van der Waals surface area contributed by atoms with Crippen LogP contribution in [0, 0.1) is 11.8 Å². The summed E-state index contributed by atoms with van der Waals surface area (Å²) in [5.74, 6) is 0.238. The summed E-state index contributed by atoms with van der Waals surface area (Å²) in [7, 11) is 0. The van der Waals surface area contributed by atoms with Gasteiger partial charge >= 0.3 is 0 Å². The van der Waals surface area contributed by atoms with Gasteiger partial charge in [0.15, 0.2) is 0 Å². The van der Waals surface area contributed by atoms with Gasteiger partial charge in [0.2, 0.25) is 11.8 Å². The highest BCUT2D eigenvalue weighted by molar-refractivity contribution is 5.99. The number of hydrogen-bond acceptors (Lipinski definition) is 3. The molecule has 1 aliphatic carbocycles. The van der Waals surface area contributed by atoms with Crippen molar-refractivity contribution in [2.45, 2.75) is 46.3 Å². The number of ether oxygens (including phenoxy) is 1. The van der Waals surface area contributed by atoms with E-state index < -0.39 is 0 Å². The first-order chi connectivity index (χ1) is 10.4. The van der Waals surface area contributed by atoms with E-state index >= 15 is 0 Å². The molecule has 2 amide bonds. The normalized spacial score (nSPS) is 19.9. The lowest BCUT2D eigenvalue weighted by Crippen LogP contribution is -2.32. The first-order valence-corrected chi connectivity index (χ1v) is 7.74. The fourth-order valence-corrected chi connectivity index (χ4v) is 2.29. The molecule has 1 aromatic carbocycles. The number of anilines is 1. The van der Waals surface area contributed by atoms with Crippen molar-refractivity contribution in [1.29, 1.82) is 0 Å². The predicted molar refractivity (Wildman–Crippen MR) is 85.7 cm³/mol. The van der Waals surface area contributed by atoms with Gasteiger partial charge in [0.25, 0.3) is 0 Å². The van der Waals surface area contributed by atoms with Crippen molar-refractivity contribution in [3.05, 3.63) is 24.3 Å². The third-order valence-corrected chi connectivity index (χ3v) is 3.39. The van der Waals surface area contributed by atoms with Crippen LogP contribution < -0.4 is 15.4 Å². The first-order valence-electron chi connectivity index (χ1n) is 7.74. The van der Waals surface area contributed by atoms with Crippen LogP contribution >= 0.6 is 0 Å². The Labute approximate surface area is 131 Å². The summed E-state index contributed by atoms with van der Waals surface area (Å²) in [5.41, 5.74) is 0.719. The lowest BCUT2D eigenvalue weighted by Gasteiger charge is -2.11. The molecule has 0 aliphatic heterocycles. The van der Waals surface area contributed by atoms with Crippen molar-refractivity contribution in [2.24, 2.45) is 11.8 Å². The van der Waals surface area contributed by atoms with Crippen molar-refractivity contribution >= 4 is 17.5 Å². The summed E-state index contributed by atoms with van der Waals surface area (Å²) in [5, 5.41) is 5.69. The number of benzene rings is 1. The Bertz CT molecular complexity index is 537. The monoisotopic (exact) mass is 304 g/mol. The largest absolute Gasteiger partial charge is 0.491 e. The second kappa shape index (κ2) is 6.81. The molecule has 0 saturated heterocycles. The molecular weight excluding hydrogens is 280 g/mol. The summed E-state index contributed by atoms with van der Waals surface area (Å²) < 4.78 is 5.55. The van der Waals surface area contributed by atoms with E-state index in [0.717, 1.165) is 11.4 Å². The molecule has 0 spiro atoms. The minimum Gasteiger partial charge on any atom is -0.491 e. The molecule has 2 unspecified atom stereocenters. The molecule has 0 bridgehead atoms. The maximum absolute atomic E-state index is 12.1. The van der Waals surface area contributed by atoms with Crippen LogP contribution in [0.25, 0.3) is 0 Å². The molecule has 2 N–H and O–H groups in total. The summed E-state index contributed by atoms with van der Waals surface area (Å²) >= 11 is 0. The summed E-state index contributed by atoms with van der Waals surface area (Å²) in [6.07, 6.45) is 0.742. The van der Waals surface area contributed by atoms with Gasteiger partial charge in [-0.1, -0.05) is 0 Å². The molecular formula is C17H24N2O3. The molecule has 1 aromatic rings. The maximum Gasteiger partial charge on any atom is 0.228 e.